The Morgan fingerprint density at radius 1 is 1.03 bits per heavy atom. The van der Waals surface area contributed by atoms with Gasteiger partial charge in [0.25, 0.3) is 5.91 Å². The minimum Gasteiger partial charge on any atom is -0.454 e. The second-order valence-corrected chi connectivity index (χ2v) is 10.5. The van der Waals surface area contributed by atoms with E-state index in [0.717, 1.165) is 22.0 Å². The van der Waals surface area contributed by atoms with E-state index in [1.165, 1.54) is 16.7 Å². The Balaban J connectivity index is 1.35. The lowest BCUT2D eigenvalue weighted by Gasteiger charge is -2.14. The summed E-state index contributed by atoms with van der Waals surface area (Å²) in [5.41, 5.74) is 3.57. The smallest absolute Gasteiger partial charge is 0.270 e. The first-order valence-corrected chi connectivity index (χ1v) is 12.7. The van der Waals surface area contributed by atoms with Gasteiger partial charge in [0.15, 0.2) is 15.8 Å². The zero-order chi connectivity index (χ0) is 24.1. The van der Waals surface area contributed by atoms with Crippen LogP contribution in [-0.2, 0) is 11.3 Å². The first kappa shape index (κ1) is 22.5. The number of aromatic nitrogens is 1. The van der Waals surface area contributed by atoms with E-state index in [1.54, 1.807) is 18.2 Å². The fourth-order valence-electron chi connectivity index (χ4n) is 4.21. The lowest BCUT2D eigenvalue weighted by molar-refractivity contribution is -0.113. The van der Waals surface area contributed by atoms with Crippen LogP contribution in [0.4, 0.5) is 5.69 Å². The topological polar surface area (TPSA) is 43.7 Å². The summed E-state index contributed by atoms with van der Waals surface area (Å²) in [5.74, 6) is 1.09. The van der Waals surface area contributed by atoms with Crippen LogP contribution in [0.5, 0.6) is 11.5 Å². The normalized spacial score (nSPS) is 16.2. The Bertz CT molecular complexity index is 1560. The predicted molar refractivity (Wildman–Crippen MR) is 146 cm³/mol. The minimum atomic E-state index is -0.170. The monoisotopic (exact) mass is 538 g/mol. The number of amides is 1. The molecule has 0 atom stereocenters. The van der Waals surface area contributed by atoms with E-state index in [-0.39, 0.29) is 12.7 Å². The molecule has 35 heavy (non-hydrogen) atoms. The summed E-state index contributed by atoms with van der Waals surface area (Å²) >= 11 is 19.3. The van der Waals surface area contributed by atoms with Crippen molar-refractivity contribution in [1.82, 2.24) is 4.57 Å². The maximum Gasteiger partial charge on any atom is 0.270 e. The Morgan fingerprint density at radius 2 is 1.86 bits per heavy atom. The van der Waals surface area contributed by atoms with Crippen LogP contribution in [0.2, 0.25) is 10.0 Å². The van der Waals surface area contributed by atoms with E-state index in [4.69, 9.17) is 44.9 Å². The first-order chi connectivity index (χ1) is 17.0. The second-order valence-electron chi connectivity index (χ2n) is 8.02. The molecule has 0 saturated carbocycles. The lowest BCUT2D eigenvalue weighted by atomic mass is 10.1. The van der Waals surface area contributed by atoms with Crippen LogP contribution in [0.3, 0.4) is 0 Å². The fraction of sp³-hybridized carbons (Fsp3) is 0.0769. The summed E-state index contributed by atoms with van der Waals surface area (Å²) in [6, 6.07) is 18.9. The van der Waals surface area contributed by atoms with Gasteiger partial charge in [-0.3, -0.25) is 9.69 Å². The maximum atomic E-state index is 13.4. The van der Waals surface area contributed by atoms with Crippen LogP contribution in [-0.4, -0.2) is 21.6 Å². The highest BCUT2D eigenvalue weighted by molar-refractivity contribution is 8.27. The van der Waals surface area contributed by atoms with Crippen LogP contribution in [0.15, 0.2) is 71.8 Å². The number of halogens is 2. The van der Waals surface area contributed by atoms with E-state index >= 15 is 0 Å². The number of thiocarbonyl (C=S) groups is 1. The number of para-hydroxylation sites is 1. The molecule has 0 unspecified atom stereocenters. The summed E-state index contributed by atoms with van der Waals surface area (Å²) in [7, 11) is 0. The van der Waals surface area contributed by atoms with Crippen molar-refractivity contribution in [1.29, 1.82) is 0 Å². The quantitative estimate of drug-likeness (QED) is 0.204. The molecule has 0 radical (unpaired) electrons. The molecule has 0 aliphatic carbocycles. The predicted octanol–water partition coefficient (Wildman–Crippen LogP) is 7.13. The summed E-state index contributed by atoms with van der Waals surface area (Å²) in [6.07, 6.45) is 3.93. The summed E-state index contributed by atoms with van der Waals surface area (Å²) < 4.78 is 13.4. The highest BCUT2D eigenvalue weighted by atomic mass is 35.5. The van der Waals surface area contributed by atoms with Crippen molar-refractivity contribution in [3.63, 3.8) is 0 Å². The summed E-state index contributed by atoms with van der Waals surface area (Å²) in [5, 5.41) is 2.24. The zero-order valence-electron chi connectivity index (χ0n) is 18.0. The number of carbonyl (C=O) groups is 1. The molecule has 4 aromatic rings. The summed E-state index contributed by atoms with van der Waals surface area (Å²) in [4.78, 5) is 15.5. The van der Waals surface area contributed by atoms with Gasteiger partial charge in [-0.25, -0.2) is 0 Å². The third-order valence-corrected chi connectivity index (χ3v) is 7.76. The van der Waals surface area contributed by atoms with Crippen molar-refractivity contribution < 1.29 is 14.3 Å². The molecule has 6 rings (SSSR count). The fourth-order valence-corrected chi connectivity index (χ4v) is 5.97. The average molecular weight is 539 g/mol. The first-order valence-electron chi connectivity index (χ1n) is 10.7. The van der Waals surface area contributed by atoms with Crippen LogP contribution < -0.4 is 14.4 Å². The van der Waals surface area contributed by atoms with Gasteiger partial charge < -0.3 is 14.0 Å². The third kappa shape index (κ3) is 4.08. The molecular weight excluding hydrogens is 523 g/mol. The molecule has 3 heterocycles. The Morgan fingerprint density at radius 3 is 2.71 bits per heavy atom. The molecule has 0 bridgehead atoms. The molecule has 1 aromatic heterocycles. The van der Waals surface area contributed by atoms with Gasteiger partial charge in [-0.15, -0.1) is 0 Å². The molecule has 174 valence electrons. The van der Waals surface area contributed by atoms with Crippen LogP contribution in [0.1, 0.15) is 11.1 Å². The average Bonchev–Trinajstić information content (AvgIpc) is 3.52. The molecule has 0 spiro atoms. The van der Waals surface area contributed by atoms with E-state index in [1.807, 2.05) is 54.7 Å². The van der Waals surface area contributed by atoms with Gasteiger partial charge in [0.2, 0.25) is 6.79 Å². The molecule has 1 fully saturated rings. The zero-order valence-corrected chi connectivity index (χ0v) is 21.2. The van der Waals surface area contributed by atoms with E-state index in [0.29, 0.717) is 43.0 Å². The number of anilines is 1. The number of thioether (sulfide) groups is 1. The number of hydrogen-bond acceptors (Lipinski definition) is 5. The van der Waals surface area contributed by atoms with Crippen LogP contribution >= 0.6 is 47.2 Å². The van der Waals surface area contributed by atoms with E-state index in [9.17, 15) is 4.79 Å². The number of rotatable bonds is 4. The molecule has 2 aliphatic rings. The number of hydrogen-bond donors (Lipinski definition) is 0. The molecule has 9 heteroatoms. The second kappa shape index (κ2) is 8.91. The van der Waals surface area contributed by atoms with Crippen molar-refractivity contribution in [3.05, 3.63) is 92.9 Å². The van der Waals surface area contributed by atoms with E-state index < -0.39 is 0 Å². The van der Waals surface area contributed by atoms with Crippen LogP contribution in [0.25, 0.3) is 17.0 Å². The Kier molecular flexibility index (Phi) is 5.73. The third-order valence-electron chi connectivity index (χ3n) is 5.87. The molecule has 3 aromatic carbocycles. The van der Waals surface area contributed by atoms with Gasteiger partial charge in [-0.1, -0.05) is 71.4 Å². The van der Waals surface area contributed by atoms with Crippen molar-refractivity contribution in [2.24, 2.45) is 0 Å². The van der Waals surface area contributed by atoms with Gasteiger partial charge in [0.1, 0.15) is 0 Å². The van der Waals surface area contributed by atoms with Gasteiger partial charge in [0, 0.05) is 45.3 Å². The van der Waals surface area contributed by atoms with Crippen molar-refractivity contribution in [2.45, 2.75) is 6.54 Å². The number of benzene rings is 3. The number of nitrogens with zero attached hydrogens (tertiary/aromatic N) is 2. The van der Waals surface area contributed by atoms with Gasteiger partial charge in [-0.05, 0) is 42.0 Å². The molecule has 1 saturated heterocycles. The highest BCUT2D eigenvalue weighted by Gasteiger charge is 2.34. The Hall–Kier alpha value is -2.97. The SMILES string of the molecule is O=C1/C(=C\c2cn(Cc3ccc(Cl)cc3Cl)c3ccccc23)SC(=S)N1c1ccc2c(c1)OCO2. The van der Waals surface area contributed by atoms with Crippen LogP contribution in [0, 0.1) is 0 Å². The van der Waals surface area contributed by atoms with Gasteiger partial charge >= 0.3 is 0 Å². The number of carbonyl (C=O) groups excluding carboxylic acids is 1. The largest absolute Gasteiger partial charge is 0.454 e. The van der Waals surface area contributed by atoms with E-state index in [2.05, 4.69) is 4.57 Å². The molecular formula is C26H16Cl2N2O3S2. The Labute approximate surface area is 220 Å². The highest BCUT2D eigenvalue weighted by Crippen LogP contribution is 2.41. The van der Waals surface area contributed by atoms with Gasteiger partial charge in [-0.2, -0.15) is 0 Å². The summed E-state index contributed by atoms with van der Waals surface area (Å²) in [6.45, 7) is 0.741. The number of fused-ring (bicyclic) bond motifs is 2. The lowest BCUT2D eigenvalue weighted by Crippen LogP contribution is -2.27. The standard InChI is InChI=1S/C26H16Cl2N2O3S2/c27-17-6-5-15(20(28)10-17)12-29-13-16(19-3-1-2-4-21(19)29)9-24-25(31)30(26(34)35-24)18-7-8-22-23(11-18)33-14-32-22/h1-11,13H,12,14H2/b24-9+. The molecule has 5 nitrogen and oxygen atoms in total. The van der Waals surface area contributed by atoms with Crippen molar-refractivity contribution in [3.8, 4) is 11.5 Å². The molecule has 2 aliphatic heterocycles. The van der Waals surface area contributed by atoms with Gasteiger partial charge in [0.05, 0.1) is 10.6 Å². The van der Waals surface area contributed by atoms with Crippen molar-refractivity contribution >= 4 is 80.1 Å². The molecule has 0 N–H and O–H groups in total. The molecule has 1 amide bonds. The number of ether oxygens (including phenoxy) is 2. The minimum absolute atomic E-state index is 0.169. The van der Waals surface area contributed by atoms with Crippen molar-refractivity contribution in [2.75, 3.05) is 11.7 Å². The maximum absolute atomic E-state index is 13.4.